The number of carbonyl (C=O) groups excluding carboxylic acids is 1. The molecular weight excluding hydrogens is 298 g/mol. The number of hydrogen-bond donors (Lipinski definition) is 2. The number of rotatable bonds is 5. The Morgan fingerprint density at radius 2 is 2.00 bits per heavy atom. The van der Waals surface area contributed by atoms with Gasteiger partial charge in [-0.2, -0.15) is 5.10 Å². The van der Waals surface area contributed by atoms with E-state index in [4.69, 9.17) is 9.84 Å². The average Bonchev–Trinajstić information content (AvgIpc) is 2.72. The molecule has 0 fully saturated rings. The first kappa shape index (κ1) is 16.5. The van der Waals surface area contributed by atoms with Crippen molar-refractivity contribution in [2.24, 2.45) is 7.05 Å². The van der Waals surface area contributed by atoms with Crippen molar-refractivity contribution in [2.75, 3.05) is 11.9 Å². The largest absolute Gasteiger partial charge is 0.480 e. The summed E-state index contributed by atoms with van der Waals surface area (Å²) in [5.41, 5.74) is 2.89. The number of benzene rings is 1. The first-order valence-corrected chi connectivity index (χ1v) is 7.06. The highest BCUT2D eigenvalue weighted by molar-refractivity contribution is 5.95. The molecule has 2 N–H and O–H groups in total. The minimum absolute atomic E-state index is 0.116. The molecule has 2 rings (SSSR count). The number of ether oxygens (including phenoxy) is 1. The highest BCUT2D eigenvalue weighted by Crippen LogP contribution is 2.21. The summed E-state index contributed by atoms with van der Waals surface area (Å²) in [6.07, 6.45) is 0. The van der Waals surface area contributed by atoms with Crippen LogP contribution in [0.15, 0.2) is 18.2 Å². The van der Waals surface area contributed by atoms with Crippen LogP contribution in [0.3, 0.4) is 0 Å². The van der Waals surface area contributed by atoms with E-state index < -0.39 is 5.97 Å². The lowest BCUT2D eigenvalue weighted by atomic mass is 10.1. The molecule has 23 heavy (non-hydrogen) atoms. The Balaban J connectivity index is 2.05. The molecule has 0 atom stereocenters. The number of aryl methyl sites for hydroxylation is 3. The fourth-order valence-corrected chi connectivity index (χ4v) is 2.18. The average molecular weight is 317 g/mol. The fraction of sp³-hybridized carbons (Fsp3) is 0.312. The van der Waals surface area contributed by atoms with Crippen LogP contribution in [0.25, 0.3) is 0 Å². The van der Waals surface area contributed by atoms with Crippen LogP contribution in [0.4, 0.5) is 5.69 Å². The minimum Gasteiger partial charge on any atom is -0.480 e. The molecule has 0 radical (unpaired) electrons. The molecular formula is C16H19N3O4. The second-order valence-corrected chi connectivity index (χ2v) is 5.30. The summed E-state index contributed by atoms with van der Waals surface area (Å²) >= 11 is 0. The van der Waals surface area contributed by atoms with Crippen molar-refractivity contribution in [3.8, 4) is 5.75 Å². The number of carboxylic acid groups (broad SMARTS) is 1. The Morgan fingerprint density at radius 1 is 1.30 bits per heavy atom. The van der Waals surface area contributed by atoms with Crippen LogP contribution in [-0.4, -0.2) is 33.4 Å². The van der Waals surface area contributed by atoms with Gasteiger partial charge in [-0.25, -0.2) is 4.79 Å². The summed E-state index contributed by atoms with van der Waals surface area (Å²) in [7, 11) is 1.80. The second-order valence-electron chi connectivity index (χ2n) is 5.30. The number of carboxylic acids is 1. The van der Waals surface area contributed by atoms with Crippen molar-refractivity contribution < 1.29 is 19.4 Å². The van der Waals surface area contributed by atoms with E-state index in [1.54, 1.807) is 31.6 Å². The number of hydrogen-bond acceptors (Lipinski definition) is 4. The summed E-state index contributed by atoms with van der Waals surface area (Å²) < 4.78 is 7.21. The Bertz CT molecular complexity index is 765. The molecule has 2 aromatic rings. The summed E-state index contributed by atoms with van der Waals surface area (Å²) in [6, 6.07) is 4.57. The van der Waals surface area contributed by atoms with Crippen molar-refractivity contribution in [3.63, 3.8) is 0 Å². The van der Waals surface area contributed by atoms with Gasteiger partial charge < -0.3 is 15.2 Å². The quantitative estimate of drug-likeness (QED) is 0.880. The molecule has 0 unspecified atom stereocenters. The molecule has 1 heterocycles. The topological polar surface area (TPSA) is 93.5 Å². The van der Waals surface area contributed by atoms with Crippen LogP contribution < -0.4 is 10.1 Å². The van der Waals surface area contributed by atoms with Crippen LogP contribution in [0.1, 0.15) is 27.3 Å². The predicted octanol–water partition coefficient (Wildman–Crippen LogP) is 2.06. The van der Waals surface area contributed by atoms with Gasteiger partial charge in [-0.3, -0.25) is 9.48 Å². The first-order chi connectivity index (χ1) is 10.8. The van der Waals surface area contributed by atoms with Crippen molar-refractivity contribution in [2.45, 2.75) is 20.8 Å². The second kappa shape index (κ2) is 6.51. The maximum atomic E-state index is 12.0. The number of aromatic nitrogens is 2. The molecule has 7 heteroatoms. The van der Waals surface area contributed by atoms with E-state index in [0.29, 0.717) is 17.1 Å². The summed E-state index contributed by atoms with van der Waals surface area (Å²) in [4.78, 5) is 23.0. The molecule has 1 aromatic carbocycles. The van der Waals surface area contributed by atoms with Gasteiger partial charge in [-0.05, 0) is 38.5 Å². The number of amides is 1. The zero-order valence-electron chi connectivity index (χ0n) is 13.5. The third-order valence-corrected chi connectivity index (χ3v) is 3.55. The highest BCUT2D eigenvalue weighted by atomic mass is 16.5. The highest BCUT2D eigenvalue weighted by Gasteiger charge is 2.14. The molecule has 0 spiro atoms. The van der Waals surface area contributed by atoms with Gasteiger partial charge >= 0.3 is 5.97 Å². The van der Waals surface area contributed by atoms with Gasteiger partial charge in [-0.1, -0.05) is 6.07 Å². The molecule has 0 aliphatic heterocycles. The Kier molecular flexibility index (Phi) is 4.68. The number of carbonyl (C=O) groups is 2. The van der Waals surface area contributed by atoms with Crippen molar-refractivity contribution in [3.05, 3.63) is 40.7 Å². The van der Waals surface area contributed by atoms with E-state index in [-0.39, 0.29) is 18.1 Å². The predicted molar refractivity (Wildman–Crippen MR) is 84.9 cm³/mol. The van der Waals surface area contributed by atoms with Crippen LogP contribution in [0.2, 0.25) is 0 Å². The standard InChI is InChI=1S/C16H19N3O4/c1-9-5-6-12(16(21)22)7-13(9)17-14(20)8-23-15-10(2)18-19(4)11(15)3/h5-7H,8H2,1-4H3,(H,17,20)(H,21,22). The van der Waals surface area contributed by atoms with Gasteiger partial charge in [0.05, 0.1) is 11.3 Å². The van der Waals surface area contributed by atoms with Crippen molar-refractivity contribution in [1.29, 1.82) is 0 Å². The molecule has 0 saturated carbocycles. The van der Waals surface area contributed by atoms with Crippen LogP contribution in [0.5, 0.6) is 5.75 Å². The van der Waals surface area contributed by atoms with E-state index in [0.717, 1.165) is 11.3 Å². The number of nitrogens with zero attached hydrogens (tertiary/aromatic N) is 2. The van der Waals surface area contributed by atoms with Gasteiger partial charge in [0, 0.05) is 12.7 Å². The van der Waals surface area contributed by atoms with Gasteiger partial charge in [-0.15, -0.1) is 0 Å². The van der Waals surface area contributed by atoms with Crippen LogP contribution >= 0.6 is 0 Å². The number of nitrogens with one attached hydrogen (secondary N) is 1. The zero-order valence-corrected chi connectivity index (χ0v) is 13.5. The van der Waals surface area contributed by atoms with E-state index in [9.17, 15) is 9.59 Å². The van der Waals surface area contributed by atoms with E-state index in [1.807, 2.05) is 6.92 Å². The SMILES string of the molecule is Cc1ccc(C(=O)O)cc1NC(=O)COc1c(C)nn(C)c1C. The van der Waals surface area contributed by atoms with Gasteiger partial charge in [0.15, 0.2) is 12.4 Å². The lowest BCUT2D eigenvalue weighted by Crippen LogP contribution is -2.21. The fourth-order valence-electron chi connectivity index (χ4n) is 2.18. The van der Waals surface area contributed by atoms with Gasteiger partial charge in [0.1, 0.15) is 5.69 Å². The molecule has 122 valence electrons. The third kappa shape index (κ3) is 3.68. The maximum absolute atomic E-state index is 12.0. The number of aromatic carboxylic acids is 1. The van der Waals surface area contributed by atoms with Crippen molar-refractivity contribution in [1.82, 2.24) is 9.78 Å². The lowest BCUT2D eigenvalue weighted by molar-refractivity contribution is -0.118. The van der Waals surface area contributed by atoms with Gasteiger partial charge in [0.25, 0.3) is 5.91 Å². The van der Waals surface area contributed by atoms with Crippen molar-refractivity contribution >= 4 is 17.6 Å². The lowest BCUT2D eigenvalue weighted by Gasteiger charge is -2.10. The van der Waals surface area contributed by atoms with E-state index in [2.05, 4.69) is 10.4 Å². The van der Waals surface area contributed by atoms with Crippen LogP contribution in [-0.2, 0) is 11.8 Å². The summed E-state index contributed by atoms with van der Waals surface area (Å²) in [6.45, 7) is 5.27. The normalized spacial score (nSPS) is 10.4. The maximum Gasteiger partial charge on any atom is 0.335 e. The van der Waals surface area contributed by atoms with Crippen LogP contribution in [0, 0.1) is 20.8 Å². The van der Waals surface area contributed by atoms with E-state index >= 15 is 0 Å². The third-order valence-electron chi connectivity index (χ3n) is 3.55. The Labute approximate surface area is 133 Å². The smallest absolute Gasteiger partial charge is 0.335 e. The van der Waals surface area contributed by atoms with Gasteiger partial charge in [0.2, 0.25) is 0 Å². The molecule has 1 amide bonds. The number of anilines is 1. The summed E-state index contributed by atoms with van der Waals surface area (Å²) in [5.74, 6) is -0.824. The first-order valence-electron chi connectivity index (χ1n) is 7.06. The zero-order chi connectivity index (χ0) is 17.1. The molecule has 0 saturated heterocycles. The Hall–Kier alpha value is -2.83. The molecule has 7 nitrogen and oxygen atoms in total. The molecule has 0 aliphatic rings. The molecule has 0 aliphatic carbocycles. The minimum atomic E-state index is -1.04. The van der Waals surface area contributed by atoms with E-state index in [1.165, 1.54) is 12.1 Å². The molecule has 0 bridgehead atoms. The summed E-state index contributed by atoms with van der Waals surface area (Å²) in [5, 5.41) is 15.9. The monoisotopic (exact) mass is 317 g/mol. The molecule has 1 aromatic heterocycles. The Morgan fingerprint density at radius 3 is 2.57 bits per heavy atom.